The Bertz CT molecular complexity index is 745. The summed E-state index contributed by atoms with van der Waals surface area (Å²) in [5.41, 5.74) is 2.35. The molecule has 8 heteroatoms. The highest BCUT2D eigenvalue weighted by atomic mass is 127. The van der Waals surface area contributed by atoms with Crippen LogP contribution in [0.2, 0.25) is 5.02 Å². The van der Waals surface area contributed by atoms with E-state index in [1.54, 1.807) is 18.4 Å². The first-order valence-electron chi connectivity index (χ1n) is 9.35. The minimum Gasteiger partial charge on any atom is -0.369 e. The molecule has 3 rings (SSSR count). The molecule has 0 spiro atoms. The average Bonchev–Trinajstić information content (AvgIpc) is 3.19. The summed E-state index contributed by atoms with van der Waals surface area (Å²) in [4.78, 5) is 10.5. The van der Waals surface area contributed by atoms with Crippen molar-refractivity contribution in [2.24, 2.45) is 4.99 Å². The summed E-state index contributed by atoms with van der Waals surface area (Å²) in [5, 5.41) is 9.71. The molecule has 5 nitrogen and oxygen atoms in total. The molecule has 0 aliphatic carbocycles. The first-order chi connectivity index (χ1) is 13.2. The molecule has 2 N–H and O–H groups in total. The molecule has 1 fully saturated rings. The van der Waals surface area contributed by atoms with Crippen LogP contribution in [0.5, 0.6) is 0 Å². The molecule has 0 amide bonds. The topological polar surface area (TPSA) is 42.9 Å². The lowest BCUT2D eigenvalue weighted by molar-refractivity contribution is 0.312. The van der Waals surface area contributed by atoms with E-state index in [-0.39, 0.29) is 24.0 Å². The lowest BCUT2D eigenvalue weighted by Crippen LogP contribution is -2.45. The number of anilines is 1. The molecule has 1 saturated heterocycles. The Labute approximate surface area is 194 Å². The van der Waals surface area contributed by atoms with Gasteiger partial charge in [0.15, 0.2) is 5.96 Å². The van der Waals surface area contributed by atoms with Gasteiger partial charge in [0.25, 0.3) is 0 Å². The van der Waals surface area contributed by atoms with Gasteiger partial charge in [-0.05, 0) is 37.0 Å². The second-order valence-corrected chi connectivity index (χ2v) is 8.15. The van der Waals surface area contributed by atoms with E-state index >= 15 is 0 Å². The zero-order valence-corrected chi connectivity index (χ0v) is 20.4. The number of benzene rings is 1. The number of nitrogens with one attached hydrogen (secondary N) is 2. The highest BCUT2D eigenvalue weighted by molar-refractivity contribution is 14.0. The molecule has 0 unspecified atom stereocenters. The standard InChI is InChI=1S/C20H28ClN5S.HI/c1-22-20(23-9-8-16-5-4-14-27-16)24-15-17-18(21)6-3-7-19(17)26-12-10-25(2)11-13-26;/h3-7,14H,8-13,15H2,1-2H3,(H2,22,23,24);1H. The van der Waals surface area contributed by atoms with Gasteiger partial charge in [0.1, 0.15) is 0 Å². The van der Waals surface area contributed by atoms with Gasteiger partial charge in [0.2, 0.25) is 0 Å². The van der Waals surface area contributed by atoms with E-state index in [1.807, 2.05) is 12.1 Å². The molecule has 1 aromatic heterocycles. The number of nitrogens with zero attached hydrogens (tertiary/aromatic N) is 3. The first-order valence-corrected chi connectivity index (χ1v) is 10.6. The summed E-state index contributed by atoms with van der Waals surface area (Å²) in [6, 6.07) is 10.4. The van der Waals surface area contributed by atoms with E-state index in [0.717, 1.165) is 55.7 Å². The second kappa shape index (κ2) is 11.8. The number of rotatable bonds is 6. The van der Waals surface area contributed by atoms with Crippen molar-refractivity contribution in [1.29, 1.82) is 0 Å². The number of guanidine groups is 1. The van der Waals surface area contributed by atoms with Crippen LogP contribution in [-0.2, 0) is 13.0 Å². The van der Waals surface area contributed by atoms with Crippen LogP contribution in [0.3, 0.4) is 0 Å². The molecule has 0 radical (unpaired) electrons. The Morgan fingerprint density at radius 1 is 1.14 bits per heavy atom. The number of halogens is 2. The Hall–Kier alpha value is -1.03. The third-order valence-corrected chi connectivity index (χ3v) is 6.13. The zero-order chi connectivity index (χ0) is 19.1. The number of thiophene rings is 1. The number of hydrogen-bond donors (Lipinski definition) is 2. The monoisotopic (exact) mass is 533 g/mol. The van der Waals surface area contributed by atoms with Gasteiger partial charge in [-0.15, -0.1) is 35.3 Å². The summed E-state index contributed by atoms with van der Waals surface area (Å²) >= 11 is 8.33. The maximum atomic E-state index is 6.54. The zero-order valence-electron chi connectivity index (χ0n) is 16.4. The summed E-state index contributed by atoms with van der Waals surface area (Å²) in [7, 11) is 3.97. The second-order valence-electron chi connectivity index (χ2n) is 6.71. The minimum atomic E-state index is 0. The van der Waals surface area contributed by atoms with Crippen LogP contribution in [0.1, 0.15) is 10.4 Å². The Morgan fingerprint density at radius 2 is 1.93 bits per heavy atom. The molecule has 154 valence electrons. The predicted octanol–water partition coefficient (Wildman–Crippen LogP) is 3.68. The first kappa shape index (κ1) is 23.3. The van der Waals surface area contributed by atoms with Crippen LogP contribution in [0.4, 0.5) is 5.69 Å². The summed E-state index contributed by atoms with van der Waals surface area (Å²) in [5.74, 6) is 0.802. The third kappa shape index (κ3) is 6.50. The molecule has 1 aromatic carbocycles. The van der Waals surface area contributed by atoms with E-state index in [4.69, 9.17) is 11.6 Å². The van der Waals surface area contributed by atoms with Crippen molar-refractivity contribution in [3.63, 3.8) is 0 Å². The molecule has 1 aliphatic rings. The molecule has 0 atom stereocenters. The third-order valence-electron chi connectivity index (χ3n) is 4.84. The summed E-state index contributed by atoms with van der Waals surface area (Å²) < 4.78 is 0. The van der Waals surface area contributed by atoms with Gasteiger partial charge in [0.05, 0.1) is 0 Å². The maximum absolute atomic E-state index is 6.54. The molecule has 2 aromatic rings. The van der Waals surface area contributed by atoms with Crippen LogP contribution in [-0.4, -0.2) is 57.7 Å². The number of aliphatic imine (C=N–C) groups is 1. The van der Waals surface area contributed by atoms with Crippen LogP contribution in [0, 0.1) is 0 Å². The van der Waals surface area contributed by atoms with E-state index < -0.39 is 0 Å². The maximum Gasteiger partial charge on any atom is 0.191 e. The fourth-order valence-electron chi connectivity index (χ4n) is 3.22. The van der Waals surface area contributed by atoms with E-state index in [2.05, 4.69) is 56.1 Å². The van der Waals surface area contributed by atoms with Crippen LogP contribution >= 0.6 is 46.9 Å². The molecule has 0 bridgehead atoms. The van der Waals surface area contributed by atoms with Gasteiger partial charge in [-0.25, -0.2) is 0 Å². The van der Waals surface area contributed by atoms with E-state index in [0.29, 0.717) is 6.54 Å². The van der Waals surface area contributed by atoms with Gasteiger partial charge in [-0.1, -0.05) is 23.7 Å². The minimum absolute atomic E-state index is 0. The average molecular weight is 534 g/mol. The predicted molar refractivity (Wildman–Crippen MR) is 133 cm³/mol. The van der Waals surface area contributed by atoms with Gasteiger partial charge < -0.3 is 20.4 Å². The smallest absolute Gasteiger partial charge is 0.191 e. The Kier molecular flexibility index (Phi) is 9.84. The van der Waals surface area contributed by atoms with Gasteiger partial charge in [-0.3, -0.25) is 4.99 Å². The lowest BCUT2D eigenvalue weighted by atomic mass is 10.1. The van der Waals surface area contributed by atoms with Crippen molar-refractivity contribution in [3.05, 3.63) is 51.2 Å². The number of likely N-dealkylation sites (N-methyl/N-ethyl adjacent to an activating group) is 1. The molecular weight excluding hydrogens is 505 g/mol. The van der Waals surface area contributed by atoms with Crippen molar-refractivity contribution in [3.8, 4) is 0 Å². The molecule has 0 saturated carbocycles. The quantitative estimate of drug-likeness (QED) is 0.338. The van der Waals surface area contributed by atoms with E-state index in [9.17, 15) is 0 Å². The highest BCUT2D eigenvalue weighted by Gasteiger charge is 2.18. The van der Waals surface area contributed by atoms with Crippen molar-refractivity contribution >= 4 is 58.6 Å². The van der Waals surface area contributed by atoms with Crippen LogP contribution in [0.25, 0.3) is 0 Å². The lowest BCUT2D eigenvalue weighted by Gasteiger charge is -2.35. The SMILES string of the molecule is CN=C(NCCc1cccs1)NCc1c(Cl)cccc1N1CCN(C)CC1.I. The molecule has 28 heavy (non-hydrogen) atoms. The summed E-state index contributed by atoms with van der Waals surface area (Å²) in [6.45, 7) is 5.71. The Balaban J connectivity index is 0.00000280. The van der Waals surface area contributed by atoms with Crippen molar-refractivity contribution in [2.75, 3.05) is 51.7 Å². The van der Waals surface area contributed by atoms with Crippen LogP contribution < -0.4 is 15.5 Å². The van der Waals surface area contributed by atoms with Crippen LogP contribution in [0.15, 0.2) is 40.7 Å². The normalized spacial score (nSPS) is 15.2. The molecule has 1 aliphatic heterocycles. The molecule has 2 heterocycles. The summed E-state index contributed by atoms with van der Waals surface area (Å²) in [6.07, 6.45) is 0.997. The number of piperazine rings is 1. The van der Waals surface area contributed by atoms with Crippen molar-refractivity contribution in [1.82, 2.24) is 15.5 Å². The fourth-order valence-corrected chi connectivity index (χ4v) is 4.16. The van der Waals surface area contributed by atoms with Crippen molar-refractivity contribution in [2.45, 2.75) is 13.0 Å². The number of hydrogen-bond acceptors (Lipinski definition) is 4. The van der Waals surface area contributed by atoms with Gasteiger partial charge >= 0.3 is 0 Å². The Morgan fingerprint density at radius 3 is 2.61 bits per heavy atom. The largest absolute Gasteiger partial charge is 0.369 e. The van der Waals surface area contributed by atoms with Crippen molar-refractivity contribution < 1.29 is 0 Å². The molecular formula is C20H29ClIN5S. The fraction of sp³-hybridized carbons (Fsp3) is 0.450. The van der Waals surface area contributed by atoms with Gasteiger partial charge in [0, 0.05) is 67.5 Å². The highest BCUT2D eigenvalue weighted by Crippen LogP contribution is 2.28. The van der Waals surface area contributed by atoms with Gasteiger partial charge in [-0.2, -0.15) is 0 Å². The van der Waals surface area contributed by atoms with E-state index in [1.165, 1.54) is 10.6 Å².